The van der Waals surface area contributed by atoms with Crippen LogP contribution in [-0.2, 0) is 7.05 Å². The topological polar surface area (TPSA) is 29.1 Å². The van der Waals surface area contributed by atoms with Gasteiger partial charge in [-0.2, -0.15) is 4.57 Å². The van der Waals surface area contributed by atoms with Crippen molar-refractivity contribution in [2.24, 2.45) is 13.0 Å². The van der Waals surface area contributed by atoms with Gasteiger partial charge in [0.05, 0.1) is 7.05 Å². The molecule has 0 spiro atoms. The summed E-state index contributed by atoms with van der Waals surface area (Å²) in [5.41, 5.74) is 0. The van der Waals surface area contributed by atoms with E-state index in [9.17, 15) is 4.79 Å². The lowest BCUT2D eigenvalue weighted by atomic mass is 10.2. The third-order valence-corrected chi connectivity index (χ3v) is 2.79. The van der Waals surface area contributed by atoms with Gasteiger partial charge in [-0.25, -0.2) is 9.36 Å². The largest absolute Gasteiger partial charge is 1.00 e. The molecule has 0 aromatic carbocycles. The molecule has 1 aliphatic rings. The van der Waals surface area contributed by atoms with E-state index in [1.165, 1.54) is 0 Å². The van der Waals surface area contributed by atoms with Gasteiger partial charge in [0.2, 0.25) is 0 Å². The Morgan fingerprint density at radius 2 is 2.18 bits per heavy atom. The van der Waals surface area contributed by atoms with E-state index in [1.807, 2.05) is 35.2 Å². The summed E-state index contributed by atoms with van der Waals surface area (Å²) in [6.07, 6.45) is 7.84. The number of rotatable bonds is 3. The van der Waals surface area contributed by atoms with E-state index in [0.29, 0.717) is 12.0 Å². The second-order valence-electron chi connectivity index (χ2n) is 5.05. The zero-order chi connectivity index (χ0) is 11.7. The van der Waals surface area contributed by atoms with Gasteiger partial charge in [-0.05, 0) is 18.8 Å². The summed E-state index contributed by atoms with van der Waals surface area (Å²) in [5, 5.41) is 0. The number of aromatic nitrogens is 2. The predicted octanol–water partition coefficient (Wildman–Crippen LogP) is -1.59. The average molecular weight is 349 g/mol. The molecule has 1 aromatic rings. The molecule has 1 amide bonds. The molecule has 96 valence electrons. The number of halogens is 1. The first-order valence-electron chi connectivity index (χ1n) is 5.92. The van der Waals surface area contributed by atoms with E-state index in [0.717, 1.165) is 19.4 Å². The van der Waals surface area contributed by atoms with Crippen LogP contribution in [0, 0.1) is 5.92 Å². The maximum Gasteiger partial charge on any atom is 0.416 e. The Labute approximate surface area is 120 Å². The molecule has 1 aromatic heterocycles. The van der Waals surface area contributed by atoms with E-state index < -0.39 is 0 Å². The van der Waals surface area contributed by atoms with E-state index in [1.54, 1.807) is 4.57 Å². The van der Waals surface area contributed by atoms with Crippen molar-refractivity contribution in [2.75, 3.05) is 6.54 Å². The highest BCUT2D eigenvalue weighted by molar-refractivity contribution is 5.77. The molecule has 0 aliphatic heterocycles. The van der Waals surface area contributed by atoms with Crippen LogP contribution in [0.25, 0.3) is 0 Å². The minimum absolute atomic E-state index is 0. The van der Waals surface area contributed by atoms with Crippen molar-refractivity contribution < 1.29 is 33.3 Å². The van der Waals surface area contributed by atoms with Crippen LogP contribution >= 0.6 is 0 Å². The molecule has 2 rings (SSSR count). The second-order valence-corrected chi connectivity index (χ2v) is 5.05. The number of carbonyl (C=O) groups excluding carboxylic acids is 1. The molecule has 1 fully saturated rings. The number of hydrogen-bond donors (Lipinski definition) is 0. The molecule has 0 N–H and O–H groups in total. The molecule has 0 radical (unpaired) electrons. The SMILES string of the molecule is CC(C)CN(C(=O)n1cc[n+](C)c1)C1CC1.[I-]. The highest BCUT2D eigenvalue weighted by atomic mass is 127. The third-order valence-electron chi connectivity index (χ3n) is 2.79. The van der Waals surface area contributed by atoms with Crippen LogP contribution in [0.1, 0.15) is 26.7 Å². The molecule has 17 heavy (non-hydrogen) atoms. The van der Waals surface area contributed by atoms with Crippen LogP contribution in [0.15, 0.2) is 18.7 Å². The van der Waals surface area contributed by atoms with Crippen LogP contribution < -0.4 is 28.5 Å². The summed E-state index contributed by atoms with van der Waals surface area (Å²) in [6, 6.07) is 0.583. The Kier molecular flexibility index (Phi) is 4.97. The Morgan fingerprint density at radius 3 is 2.59 bits per heavy atom. The molecule has 0 unspecified atom stereocenters. The van der Waals surface area contributed by atoms with E-state index in [4.69, 9.17) is 0 Å². The van der Waals surface area contributed by atoms with Gasteiger partial charge >= 0.3 is 6.03 Å². The lowest BCUT2D eigenvalue weighted by Crippen LogP contribution is -3.00. The maximum absolute atomic E-state index is 12.3. The van der Waals surface area contributed by atoms with Crippen molar-refractivity contribution in [3.8, 4) is 0 Å². The number of aryl methyl sites for hydroxylation is 1. The summed E-state index contributed by atoms with van der Waals surface area (Å²) in [6.45, 7) is 5.15. The lowest BCUT2D eigenvalue weighted by Gasteiger charge is -2.21. The molecule has 0 saturated heterocycles. The monoisotopic (exact) mass is 349 g/mol. The van der Waals surface area contributed by atoms with Crippen LogP contribution in [0.4, 0.5) is 4.79 Å². The predicted molar refractivity (Wildman–Crippen MR) is 61.0 cm³/mol. The number of carbonyl (C=O) groups is 1. The summed E-state index contributed by atoms with van der Waals surface area (Å²) in [7, 11) is 1.92. The highest BCUT2D eigenvalue weighted by Gasteiger charge is 2.35. The molecule has 1 heterocycles. The first-order valence-corrected chi connectivity index (χ1v) is 5.92. The Morgan fingerprint density at radius 1 is 1.53 bits per heavy atom. The Balaban J connectivity index is 0.00000144. The fraction of sp³-hybridized carbons (Fsp3) is 0.667. The second kappa shape index (κ2) is 5.84. The van der Waals surface area contributed by atoms with E-state index >= 15 is 0 Å². The molecule has 0 bridgehead atoms. The first-order chi connectivity index (χ1) is 7.58. The van der Waals surface area contributed by atoms with Gasteiger partial charge in [-0.3, -0.25) is 0 Å². The Bertz CT molecular complexity index is 385. The van der Waals surface area contributed by atoms with Crippen molar-refractivity contribution in [3.05, 3.63) is 18.7 Å². The van der Waals surface area contributed by atoms with E-state index in [-0.39, 0.29) is 30.0 Å². The van der Waals surface area contributed by atoms with Crippen molar-refractivity contribution in [1.29, 1.82) is 0 Å². The van der Waals surface area contributed by atoms with Crippen LogP contribution in [0.3, 0.4) is 0 Å². The van der Waals surface area contributed by atoms with Crippen molar-refractivity contribution in [3.63, 3.8) is 0 Å². The minimum atomic E-state index is 0. The standard InChI is InChI=1S/C12H20N3O.HI/c1-10(2)8-15(11-4-5-11)12(16)14-7-6-13(3)9-14;/h6-7,9-11H,4-5,8H2,1-3H3;1H/q+1;/p-1. The molecule has 1 aliphatic carbocycles. The highest BCUT2D eigenvalue weighted by Crippen LogP contribution is 2.28. The molecule has 1 saturated carbocycles. The quantitative estimate of drug-likeness (QED) is 0.478. The molecular weight excluding hydrogens is 329 g/mol. The van der Waals surface area contributed by atoms with Gasteiger partial charge in [-0.15, -0.1) is 0 Å². The summed E-state index contributed by atoms with van der Waals surface area (Å²) >= 11 is 0. The van der Waals surface area contributed by atoms with Gasteiger partial charge in [-0.1, -0.05) is 13.8 Å². The van der Waals surface area contributed by atoms with Crippen LogP contribution in [0.2, 0.25) is 0 Å². The summed E-state index contributed by atoms with van der Waals surface area (Å²) in [4.78, 5) is 14.3. The maximum atomic E-state index is 12.3. The number of hydrogen-bond acceptors (Lipinski definition) is 1. The fourth-order valence-electron chi connectivity index (χ4n) is 1.87. The number of nitrogens with zero attached hydrogens (tertiary/aromatic N) is 3. The van der Waals surface area contributed by atoms with Crippen molar-refractivity contribution >= 4 is 6.03 Å². The van der Waals surface area contributed by atoms with Gasteiger partial charge in [0, 0.05) is 12.6 Å². The van der Waals surface area contributed by atoms with Gasteiger partial charge in [0.15, 0.2) is 0 Å². The van der Waals surface area contributed by atoms with Crippen LogP contribution in [0.5, 0.6) is 0 Å². The smallest absolute Gasteiger partial charge is 0.416 e. The van der Waals surface area contributed by atoms with Crippen molar-refractivity contribution in [2.45, 2.75) is 32.7 Å². The van der Waals surface area contributed by atoms with Crippen LogP contribution in [-0.4, -0.2) is 28.1 Å². The normalized spacial score (nSPS) is 14.6. The summed E-state index contributed by atoms with van der Waals surface area (Å²) < 4.78 is 3.55. The molecular formula is C12H20IN3O. The van der Waals surface area contributed by atoms with Gasteiger partial charge in [0.1, 0.15) is 12.4 Å². The zero-order valence-electron chi connectivity index (χ0n) is 10.6. The number of imidazole rings is 1. The van der Waals surface area contributed by atoms with E-state index in [2.05, 4.69) is 13.8 Å². The summed E-state index contributed by atoms with van der Waals surface area (Å²) in [5.74, 6) is 0.522. The Hall–Kier alpha value is -0.590. The fourth-order valence-corrected chi connectivity index (χ4v) is 1.87. The average Bonchev–Trinajstić information content (AvgIpc) is 2.96. The lowest BCUT2D eigenvalue weighted by molar-refractivity contribution is -0.670. The third kappa shape index (κ3) is 3.69. The van der Waals surface area contributed by atoms with Gasteiger partial charge in [0.25, 0.3) is 6.33 Å². The molecule has 4 nitrogen and oxygen atoms in total. The van der Waals surface area contributed by atoms with Gasteiger partial charge < -0.3 is 28.9 Å². The zero-order valence-corrected chi connectivity index (χ0v) is 12.8. The van der Waals surface area contributed by atoms with Crippen molar-refractivity contribution in [1.82, 2.24) is 9.47 Å². The minimum Gasteiger partial charge on any atom is -1.00 e. The number of amides is 1. The molecule has 5 heteroatoms. The first kappa shape index (κ1) is 14.5. The molecule has 0 atom stereocenters.